The van der Waals surface area contributed by atoms with Crippen molar-refractivity contribution in [3.63, 3.8) is 0 Å². The van der Waals surface area contributed by atoms with Gasteiger partial charge in [-0.15, -0.1) is 0 Å². The maximum absolute atomic E-state index is 11.9. The summed E-state index contributed by atoms with van der Waals surface area (Å²) >= 11 is 0. The SMILES string of the molecule is COc1ccccc1CN1CC[C@H]2OCCN(C(C)=O)[C@@H]2C1. The van der Waals surface area contributed by atoms with E-state index in [0.29, 0.717) is 13.2 Å². The number of ether oxygens (including phenoxy) is 2. The fraction of sp³-hybridized carbons (Fsp3) is 0.588. The van der Waals surface area contributed by atoms with Gasteiger partial charge in [0.2, 0.25) is 5.91 Å². The van der Waals surface area contributed by atoms with E-state index >= 15 is 0 Å². The van der Waals surface area contributed by atoms with Gasteiger partial charge in [-0.25, -0.2) is 0 Å². The molecule has 2 heterocycles. The van der Waals surface area contributed by atoms with Gasteiger partial charge in [-0.2, -0.15) is 0 Å². The third kappa shape index (κ3) is 3.10. The van der Waals surface area contributed by atoms with Crippen molar-refractivity contribution in [3.05, 3.63) is 29.8 Å². The Hall–Kier alpha value is -1.59. The van der Waals surface area contributed by atoms with E-state index in [4.69, 9.17) is 9.47 Å². The summed E-state index contributed by atoms with van der Waals surface area (Å²) < 4.78 is 11.3. The van der Waals surface area contributed by atoms with Gasteiger partial charge in [0.05, 0.1) is 25.9 Å². The molecule has 2 aliphatic rings. The summed E-state index contributed by atoms with van der Waals surface area (Å²) in [4.78, 5) is 16.2. The number of carbonyl (C=O) groups is 1. The highest BCUT2D eigenvalue weighted by molar-refractivity contribution is 5.73. The number of fused-ring (bicyclic) bond motifs is 1. The van der Waals surface area contributed by atoms with Crippen LogP contribution in [0.15, 0.2) is 24.3 Å². The zero-order chi connectivity index (χ0) is 15.5. The second kappa shape index (κ2) is 6.67. The van der Waals surface area contributed by atoms with Gasteiger partial charge in [0.25, 0.3) is 0 Å². The van der Waals surface area contributed by atoms with Crippen LogP contribution >= 0.6 is 0 Å². The highest BCUT2D eigenvalue weighted by Crippen LogP contribution is 2.26. The Balaban J connectivity index is 1.70. The molecule has 2 atom stereocenters. The van der Waals surface area contributed by atoms with Gasteiger partial charge in [0.15, 0.2) is 0 Å². The van der Waals surface area contributed by atoms with E-state index in [1.165, 1.54) is 5.56 Å². The van der Waals surface area contributed by atoms with Gasteiger partial charge < -0.3 is 14.4 Å². The van der Waals surface area contributed by atoms with Gasteiger partial charge in [0.1, 0.15) is 5.75 Å². The highest BCUT2D eigenvalue weighted by Gasteiger charge is 2.38. The second-order valence-electron chi connectivity index (χ2n) is 6.02. The molecule has 22 heavy (non-hydrogen) atoms. The Kier molecular flexibility index (Phi) is 4.64. The predicted octanol–water partition coefficient (Wildman–Crippen LogP) is 1.52. The molecule has 5 heteroatoms. The van der Waals surface area contributed by atoms with E-state index < -0.39 is 0 Å². The number of para-hydroxylation sites is 1. The minimum Gasteiger partial charge on any atom is -0.496 e. The Bertz CT molecular complexity index is 534. The summed E-state index contributed by atoms with van der Waals surface area (Å²) in [7, 11) is 1.71. The topological polar surface area (TPSA) is 42.0 Å². The summed E-state index contributed by atoms with van der Waals surface area (Å²) in [6.07, 6.45) is 1.16. The molecule has 0 unspecified atom stereocenters. The van der Waals surface area contributed by atoms with E-state index in [-0.39, 0.29) is 18.1 Å². The minimum absolute atomic E-state index is 0.150. The van der Waals surface area contributed by atoms with Crippen molar-refractivity contribution in [2.75, 3.05) is 33.4 Å². The number of morpholine rings is 1. The van der Waals surface area contributed by atoms with Gasteiger partial charge in [-0.1, -0.05) is 18.2 Å². The molecule has 1 amide bonds. The number of amides is 1. The molecule has 3 rings (SSSR count). The number of hydrogen-bond donors (Lipinski definition) is 0. The van der Waals surface area contributed by atoms with Crippen LogP contribution in [-0.2, 0) is 16.1 Å². The van der Waals surface area contributed by atoms with Gasteiger partial charge >= 0.3 is 0 Å². The summed E-state index contributed by atoms with van der Waals surface area (Å²) in [5.41, 5.74) is 1.19. The monoisotopic (exact) mass is 304 g/mol. The van der Waals surface area contributed by atoms with Crippen LogP contribution in [0.25, 0.3) is 0 Å². The average Bonchev–Trinajstić information content (AvgIpc) is 2.54. The average molecular weight is 304 g/mol. The largest absolute Gasteiger partial charge is 0.496 e. The molecule has 2 fully saturated rings. The number of piperidine rings is 1. The highest BCUT2D eigenvalue weighted by atomic mass is 16.5. The van der Waals surface area contributed by atoms with Crippen molar-refractivity contribution in [1.82, 2.24) is 9.80 Å². The summed E-state index contributed by atoms with van der Waals surface area (Å²) in [6.45, 7) is 5.72. The molecule has 120 valence electrons. The molecule has 0 saturated carbocycles. The molecular weight excluding hydrogens is 280 g/mol. The van der Waals surface area contributed by atoms with Crippen LogP contribution in [0.5, 0.6) is 5.75 Å². The van der Waals surface area contributed by atoms with Crippen LogP contribution in [0.1, 0.15) is 18.9 Å². The van der Waals surface area contributed by atoms with E-state index in [1.807, 2.05) is 23.1 Å². The fourth-order valence-corrected chi connectivity index (χ4v) is 3.55. The Morgan fingerprint density at radius 2 is 2.18 bits per heavy atom. The zero-order valence-electron chi connectivity index (χ0n) is 13.3. The molecule has 0 N–H and O–H groups in total. The number of rotatable bonds is 3. The fourth-order valence-electron chi connectivity index (χ4n) is 3.55. The number of hydrogen-bond acceptors (Lipinski definition) is 4. The maximum Gasteiger partial charge on any atom is 0.219 e. The smallest absolute Gasteiger partial charge is 0.219 e. The summed E-state index contributed by atoms with van der Waals surface area (Å²) in [5, 5.41) is 0. The Labute approximate surface area is 131 Å². The first kappa shape index (κ1) is 15.3. The van der Waals surface area contributed by atoms with E-state index in [2.05, 4.69) is 11.0 Å². The van der Waals surface area contributed by atoms with Crippen LogP contribution < -0.4 is 4.74 Å². The van der Waals surface area contributed by atoms with Crippen molar-refractivity contribution in [3.8, 4) is 5.75 Å². The maximum atomic E-state index is 11.9. The predicted molar refractivity (Wildman–Crippen MR) is 83.8 cm³/mol. The quantitative estimate of drug-likeness (QED) is 0.849. The lowest BCUT2D eigenvalue weighted by atomic mass is 9.98. The molecule has 0 aromatic heterocycles. The number of nitrogens with zero attached hydrogens (tertiary/aromatic N) is 2. The number of likely N-dealkylation sites (tertiary alicyclic amines) is 1. The summed E-state index contributed by atoms with van der Waals surface area (Å²) in [5.74, 6) is 1.07. The molecule has 1 aromatic carbocycles. The molecule has 5 nitrogen and oxygen atoms in total. The molecule has 0 spiro atoms. The Morgan fingerprint density at radius 3 is 2.95 bits per heavy atom. The van der Waals surface area contributed by atoms with Crippen molar-refractivity contribution >= 4 is 5.91 Å². The number of methoxy groups -OCH3 is 1. The Morgan fingerprint density at radius 1 is 1.36 bits per heavy atom. The lowest BCUT2D eigenvalue weighted by Crippen LogP contribution is -2.60. The molecular formula is C17H24N2O3. The third-order valence-electron chi connectivity index (χ3n) is 4.66. The van der Waals surface area contributed by atoms with E-state index in [1.54, 1.807) is 14.0 Å². The van der Waals surface area contributed by atoms with Crippen LogP contribution in [0.4, 0.5) is 0 Å². The first-order valence-electron chi connectivity index (χ1n) is 7.92. The first-order chi connectivity index (χ1) is 10.7. The third-order valence-corrected chi connectivity index (χ3v) is 4.66. The molecule has 2 saturated heterocycles. The lowest BCUT2D eigenvalue weighted by Gasteiger charge is -2.46. The standard InChI is InChI=1S/C17H24N2O3/c1-13(20)19-9-10-22-17-7-8-18(12-15(17)19)11-14-5-3-4-6-16(14)21-2/h3-6,15,17H,7-12H2,1-2H3/t15-,17-/m1/s1. The molecule has 1 aromatic rings. The van der Waals surface area contributed by atoms with Crippen molar-refractivity contribution in [2.45, 2.75) is 32.0 Å². The zero-order valence-corrected chi connectivity index (χ0v) is 13.3. The lowest BCUT2D eigenvalue weighted by molar-refractivity contribution is -0.150. The van der Waals surface area contributed by atoms with Gasteiger partial charge in [-0.05, 0) is 12.5 Å². The molecule has 0 aliphatic carbocycles. The van der Waals surface area contributed by atoms with Crippen LogP contribution in [-0.4, -0.2) is 61.2 Å². The summed E-state index contributed by atoms with van der Waals surface area (Å²) in [6, 6.07) is 8.30. The number of benzene rings is 1. The minimum atomic E-state index is 0.150. The van der Waals surface area contributed by atoms with Gasteiger partial charge in [0, 0.05) is 38.7 Å². The molecule has 2 aliphatic heterocycles. The second-order valence-corrected chi connectivity index (χ2v) is 6.02. The van der Waals surface area contributed by atoms with Crippen LogP contribution in [0.3, 0.4) is 0 Å². The van der Waals surface area contributed by atoms with Crippen molar-refractivity contribution in [2.24, 2.45) is 0 Å². The molecule has 0 radical (unpaired) electrons. The van der Waals surface area contributed by atoms with Crippen molar-refractivity contribution < 1.29 is 14.3 Å². The van der Waals surface area contributed by atoms with Crippen LogP contribution in [0, 0.1) is 0 Å². The van der Waals surface area contributed by atoms with Crippen molar-refractivity contribution in [1.29, 1.82) is 0 Å². The molecule has 0 bridgehead atoms. The first-order valence-corrected chi connectivity index (χ1v) is 7.92. The van der Waals surface area contributed by atoms with E-state index in [0.717, 1.165) is 31.8 Å². The number of carbonyl (C=O) groups excluding carboxylic acids is 1. The van der Waals surface area contributed by atoms with E-state index in [9.17, 15) is 4.79 Å². The van der Waals surface area contributed by atoms with Gasteiger partial charge in [-0.3, -0.25) is 9.69 Å². The normalized spacial score (nSPS) is 25.6. The van der Waals surface area contributed by atoms with Crippen LogP contribution in [0.2, 0.25) is 0 Å².